The van der Waals surface area contributed by atoms with Crippen molar-refractivity contribution in [2.75, 3.05) is 13.2 Å². The normalized spacial score (nSPS) is 19.6. The number of hydrogen-bond donors (Lipinski definition) is 2. The lowest BCUT2D eigenvalue weighted by molar-refractivity contribution is -0.0109. The van der Waals surface area contributed by atoms with Crippen LogP contribution in [0.5, 0.6) is 5.75 Å². The second-order valence-electron chi connectivity index (χ2n) is 4.36. The van der Waals surface area contributed by atoms with Gasteiger partial charge in [0.15, 0.2) is 0 Å². The molecular weight excluding hydrogens is 254 g/mol. The summed E-state index contributed by atoms with van der Waals surface area (Å²) in [6, 6.07) is 4.73. The van der Waals surface area contributed by atoms with E-state index in [1.165, 1.54) is 0 Å². The van der Waals surface area contributed by atoms with Crippen molar-refractivity contribution in [1.82, 2.24) is 0 Å². The summed E-state index contributed by atoms with van der Waals surface area (Å²) >= 11 is 5.87. The first-order valence-corrected chi connectivity index (χ1v) is 6.44. The van der Waals surface area contributed by atoms with Crippen molar-refractivity contribution in [2.24, 2.45) is 0 Å². The Bertz CT molecular complexity index is 394. The Morgan fingerprint density at radius 2 is 2.22 bits per heavy atom. The van der Waals surface area contributed by atoms with Crippen LogP contribution in [0.4, 0.5) is 0 Å². The summed E-state index contributed by atoms with van der Waals surface area (Å²) in [4.78, 5) is 0. The zero-order valence-electron chi connectivity index (χ0n) is 10.0. The molecule has 0 saturated carbocycles. The van der Waals surface area contributed by atoms with E-state index in [0.717, 1.165) is 25.9 Å². The summed E-state index contributed by atoms with van der Waals surface area (Å²) < 4.78 is 11.1. The Morgan fingerprint density at radius 3 is 2.89 bits per heavy atom. The van der Waals surface area contributed by atoms with E-state index >= 15 is 0 Å². The fourth-order valence-corrected chi connectivity index (χ4v) is 2.13. The maximum absolute atomic E-state index is 9.23. The van der Waals surface area contributed by atoms with Gasteiger partial charge in [-0.25, -0.2) is 0 Å². The maximum atomic E-state index is 9.23. The summed E-state index contributed by atoms with van der Waals surface area (Å²) in [5.74, 6) is 0.395. The predicted molar refractivity (Wildman–Crippen MR) is 70.4 cm³/mol. The molecular formula is C12H16BClO4. The third-order valence-electron chi connectivity index (χ3n) is 2.95. The van der Waals surface area contributed by atoms with Crippen LogP contribution in [0.15, 0.2) is 18.2 Å². The Hall–Kier alpha value is -0.745. The second-order valence-corrected chi connectivity index (χ2v) is 4.79. The molecule has 0 unspecified atom stereocenters. The monoisotopic (exact) mass is 270 g/mol. The lowest BCUT2D eigenvalue weighted by Gasteiger charge is -2.23. The van der Waals surface area contributed by atoms with Crippen molar-refractivity contribution < 1.29 is 19.5 Å². The maximum Gasteiger partial charge on any atom is 0.492 e. The first-order valence-electron chi connectivity index (χ1n) is 6.07. The van der Waals surface area contributed by atoms with E-state index in [4.69, 9.17) is 21.1 Å². The highest BCUT2D eigenvalue weighted by atomic mass is 35.5. The highest BCUT2D eigenvalue weighted by molar-refractivity contribution is 6.59. The van der Waals surface area contributed by atoms with Gasteiger partial charge in [0.25, 0.3) is 0 Å². The molecule has 1 atom stereocenters. The molecule has 0 amide bonds. The summed E-state index contributed by atoms with van der Waals surface area (Å²) in [7, 11) is -1.57. The van der Waals surface area contributed by atoms with Crippen LogP contribution in [-0.4, -0.2) is 36.5 Å². The highest BCUT2D eigenvalue weighted by Crippen LogP contribution is 2.18. The van der Waals surface area contributed by atoms with Gasteiger partial charge in [0.2, 0.25) is 0 Å². The van der Waals surface area contributed by atoms with Crippen LogP contribution in [0.1, 0.15) is 19.3 Å². The van der Waals surface area contributed by atoms with Crippen molar-refractivity contribution in [3.8, 4) is 5.75 Å². The topological polar surface area (TPSA) is 58.9 Å². The molecule has 6 heteroatoms. The average Bonchev–Trinajstić information content (AvgIpc) is 2.37. The van der Waals surface area contributed by atoms with Crippen LogP contribution in [0.25, 0.3) is 0 Å². The highest BCUT2D eigenvalue weighted by Gasteiger charge is 2.20. The molecule has 1 aliphatic heterocycles. The molecule has 1 aromatic rings. The molecule has 1 aliphatic rings. The van der Waals surface area contributed by atoms with Crippen molar-refractivity contribution in [2.45, 2.75) is 25.4 Å². The molecule has 0 aromatic heterocycles. The fourth-order valence-electron chi connectivity index (χ4n) is 1.97. The Balaban J connectivity index is 2.00. The first kappa shape index (κ1) is 13.7. The van der Waals surface area contributed by atoms with Crippen molar-refractivity contribution in [3.05, 3.63) is 23.2 Å². The minimum Gasteiger partial charge on any atom is -0.491 e. The van der Waals surface area contributed by atoms with Gasteiger partial charge in [-0.15, -0.1) is 0 Å². The van der Waals surface area contributed by atoms with Crippen molar-refractivity contribution in [1.29, 1.82) is 0 Å². The predicted octanol–water partition coefficient (Wildman–Crippen LogP) is 0.968. The summed E-state index contributed by atoms with van der Waals surface area (Å²) in [5.41, 5.74) is 0.315. The van der Waals surface area contributed by atoms with Gasteiger partial charge >= 0.3 is 7.12 Å². The zero-order chi connectivity index (χ0) is 13.0. The van der Waals surface area contributed by atoms with Gasteiger partial charge in [-0.1, -0.05) is 17.7 Å². The third kappa shape index (κ3) is 3.62. The lowest BCUT2D eigenvalue weighted by Crippen LogP contribution is -2.33. The van der Waals surface area contributed by atoms with Crippen LogP contribution >= 0.6 is 11.6 Å². The van der Waals surface area contributed by atoms with Gasteiger partial charge in [-0.3, -0.25) is 0 Å². The smallest absolute Gasteiger partial charge is 0.491 e. The molecule has 4 nitrogen and oxygen atoms in total. The number of halogens is 1. The molecule has 0 aliphatic carbocycles. The van der Waals surface area contributed by atoms with Crippen LogP contribution in [0.2, 0.25) is 5.02 Å². The Labute approximate surface area is 112 Å². The molecule has 0 bridgehead atoms. The minimum absolute atomic E-state index is 0.0708. The van der Waals surface area contributed by atoms with E-state index in [9.17, 15) is 10.0 Å². The summed E-state index contributed by atoms with van der Waals surface area (Å²) in [6.07, 6.45) is 3.27. The largest absolute Gasteiger partial charge is 0.492 e. The lowest BCUT2D eigenvalue weighted by atomic mass is 9.79. The average molecular weight is 271 g/mol. The minimum atomic E-state index is -1.57. The van der Waals surface area contributed by atoms with Crippen LogP contribution in [-0.2, 0) is 4.74 Å². The Morgan fingerprint density at radius 1 is 1.39 bits per heavy atom. The number of benzene rings is 1. The Kier molecular flexibility index (Phi) is 4.89. The van der Waals surface area contributed by atoms with Gasteiger partial charge in [0, 0.05) is 17.1 Å². The molecule has 2 N–H and O–H groups in total. The molecule has 1 aromatic carbocycles. The van der Waals surface area contributed by atoms with Crippen LogP contribution in [0.3, 0.4) is 0 Å². The van der Waals surface area contributed by atoms with E-state index in [1.807, 2.05) is 0 Å². The molecule has 18 heavy (non-hydrogen) atoms. The fraction of sp³-hybridized carbons (Fsp3) is 0.500. The van der Waals surface area contributed by atoms with Gasteiger partial charge in [-0.05, 0) is 31.4 Å². The van der Waals surface area contributed by atoms with E-state index in [1.54, 1.807) is 18.2 Å². The molecule has 98 valence electrons. The molecule has 0 radical (unpaired) electrons. The van der Waals surface area contributed by atoms with E-state index in [-0.39, 0.29) is 6.10 Å². The zero-order valence-corrected chi connectivity index (χ0v) is 10.8. The number of rotatable bonds is 4. The van der Waals surface area contributed by atoms with E-state index < -0.39 is 7.12 Å². The SMILES string of the molecule is OB(O)c1ccc(Cl)cc1OC[C@@H]1CCCCO1. The summed E-state index contributed by atoms with van der Waals surface area (Å²) in [5, 5.41) is 19.0. The number of ether oxygens (including phenoxy) is 2. The molecule has 0 spiro atoms. The van der Waals surface area contributed by atoms with Gasteiger partial charge < -0.3 is 19.5 Å². The standard InChI is InChI=1S/C12H16BClO4/c14-9-4-5-11(13(15)16)12(7-9)18-8-10-3-1-2-6-17-10/h4-5,7,10,15-16H,1-3,6,8H2/t10-/m0/s1. The van der Waals surface area contributed by atoms with Gasteiger partial charge in [-0.2, -0.15) is 0 Å². The second kappa shape index (κ2) is 6.43. The van der Waals surface area contributed by atoms with E-state index in [0.29, 0.717) is 22.8 Å². The van der Waals surface area contributed by atoms with Crippen LogP contribution < -0.4 is 10.2 Å². The van der Waals surface area contributed by atoms with Crippen molar-refractivity contribution >= 4 is 24.2 Å². The van der Waals surface area contributed by atoms with Crippen molar-refractivity contribution in [3.63, 3.8) is 0 Å². The quantitative estimate of drug-likeness (QED) is 0.801. The summed E-state index contributed by atoms with van der Waals surface area (Å²) in [6.45, 7) is 1.17. The van der Waals surface area contributed by atoms with Gasteiger partial charge in [0.05, 0.1) is 6.10 Å². The van der Waals surface area contributed by atoms with Gasteiger partial charge in [0.1, 0.15) is 12.4 Å². The molecule has 2 rings (SSSR count). The first-order chi connectivity index (χ1) is 8.66. The third-order valence-corrected chi connectivity index (χ3v) is 3.19. The van der Waals surface area contributed by atoms with Crippen LogP contribution in [0, 0.1) is 0 Å². The van der Waals surface area contributed by atoms with E-state index in [2.05, 4.69) is 0 Å². The molecule has 1 heterocycles. The number of hydrogen-bond acceptors (Lipinski definition) is 4. The molecule has 1 saturated heterocycles. The molecule has 1 fully saturated rings.